The van der Waals surface area contributed by atoms with Gasteiger partial charge >= 0.3 is 0 Å². The second kappa shape index (κ2) is 7.22. The fourth-order valence-corrected chi connectivity index (χ4v) is 2.96. The van der Waals surface area contributed by atoms with Gasteiger partial charge in [-0.25, -0.2) is 4.39 Å². The molecule has 4 heteroatoms. The highest BCUT2D eigenvalue weighted by molar-refractivity contribution is 6.31. The lowest BCUT2D eigenvalue weighted by Crippen LogP contribution is -2.45. The van der Waals surface area contributed by atoms with Crippen LogP contribution in [-0.2, 0) is 0 Å². The molecule has 0 saturated carbocycles. The van der Waals surface area contributed by atoms with Gasteiger partial charge in [-0.15, -0.1) is 0 Å². The first-order valence-corrected chi connectivity index (χ1v) is 7.50. The monoisotopic (exact) mass is 284 g/mol. The smallest absolute Gasteiger partial charge is 0.142 e. The van der Waals surface area contributed by atoms with Gasteiger partial charge in [-0.1, -0.05) is 43.5 Å². The van der Waals surface area contributed by atoms with Gasteiger partial charge in [0.15, 0.2) is 0 Å². The Balaban J connectivity index is 2.22. The van der Waals surface area contributed by atoms with E-state index in [-0.39, 0.29) is 11.9 Å². The van der Waals surface area contributed by atoms with E-state index in [1.807, 2.05) is 6.07 Å². The van der Waals surface area contributed by atoms with Crippen molar-refractivity contribution in [2.45, 2.75) is 32.2 Å². The second-order valence-corrected chi connectivity index (χ2v) is 5.47. The quantitative estimate of drug-likeness (QED) is 0.888. The molecule has 0 unspecified atom stereocenters. The lowest BCUT2D eigenvalue weighted by molar-refractivity contribution is 0.163. The van der Waals surface area contributed by atoms with Crippen LogP contribution in [0.25, 0.3) is 0 Å². The Kier molecular flexibility index (Phi) is 5.61. The van der Waals surface area contributed by atoms with Crippen molar-refractivity contribution in [1.29, 1.82) is 0 Å². The van der Waals surface area contributed by atoms with Crippen molar-refractivity contribution in [3.8, 4) is 0 Å². The summed E-state index contributed by atoms with van der Waals surface area (Å²) in [6, 6.07) is 5.40. The maximum Gasteiger partial charge on any atom is 0.142 e. The van der Waals surface area contributed by atoms with Gasteiger partial charge in [0.2, 0.25) is 0 Å². The zero-order valence-corrected chi connectivity index (χ0v) is 12.2. The van der Waals surface area contributed by atoms with Gasteiger partial charge in [-0.3, -0.25) is 4.90 Å². The minimum atomic E-state index is -0.309. The number of halogens is 2. The Hall–Kier alpha value is -0.640. The molecule has 1 aromatic carbocycles. The molecule has 2 nitrogen and oxygen atoms in total. The van der Waals surface area contributed by atoms with Crippen LogP contribution in [-0.4, -0.2) is 31.1 Å². The van der Waals surface area contributed by atoms with E-state index in [4.69, 9.17) is 11.6 Å². The zero-order chi connectivity index (χ0) is 13.7. The number of rotatable bonds is 5. The number of unbranched alkanes of at least 4 members (excludes halogenated alkanes) is 1. The molecular formula is C15H22ClFN2. The van der Waals surface area contributed by atoms with Gasteiger partial charge < -0.3 is 5.32 Å². The predicted octanol–water partition coefficient (Wildman–Crippen LogP) is 3.62. The molecule has 1 heterocycles. The van der Waals surface area contributed by atoms with Crippen LogP contribution in [0.1, 0.15) is 37.8 Å². The molecule has 106 valence electrons. The number of hydrogen-bond donors (Lipinski definition) is 1. The molecule has 0 aromatic heterocycles. The van der Waals surface area contributed by atoms with E-state index in [0.717, 1.165) is 51.0 Å². The number of hydrogen-bond acceptors (Lipinski definition) is 2. The van der Waals surface area contributed by atoms with Gasteiger partial charge in [-0.2, -0.15) is 0 Å². The molecule has 19 heavy (non-hydrogen) atoms. The number of benzene rings is 1. The van der Waals surface area contributed by atoms with Crippen LogP contribution in [0.4, 0.5) is 4.39 Å². The summed E-state index contributed by atoms with van der Waals surface area (Å²) in [5.74, 6) is -0.309. The average molecular weight is 285 g/mol. The van der Waals surface area contributed by atoms with Gasteiger partial charge in [0.1, 0.15) is 5.82 Å². The maximum absolute atomic E-state index is 13.7. The van der Waals surface area contributed by atoms with E-state index in [1.54, 1.807) is 6.07 Å². The molecule has 0 radical (unpaired) electrons. The molecule has 0 spiro atoms. The number of piperazine rings is 1. The molecule has 0 amide bonds. The lowest BCUT2D eigenvalue weighted by atomic mass is 9.98. The summed E-state index contributed by atoms with van der Waals surface area (Å²) in [6.07, 6.45) is 3.33. The summed E-state index contributed by atoms with van der Waals surface area (Å²) in [5.41, 5.74) is 0.942. The summed E-state index contributed by atoms with van der Waals surface area (Å²) in [4.78, 5) is 2.42. The highest BCUT2D eigenvalue weighted by atomic mass is 35.5. The number of nitrogens with one attached hydrogen (secondary N) is 1. The van der Waals surface area contributed by atoms with Crippen molar-refractivity contribution < 1.29 is 4.39 Å². The predicted molar refractivity (Wildman–Crippen MR) is 78.1 cm³/mol. The van der Waals surface area contributed by atoms with Gasteiger partial charge in [0, 0.05) is 32.2 Å². The van der Waals surface area contributed by atoms with Gasteiger partial charge in [-0.05, 0) is 18.1 Å². The summed E-state index contributed by atoms with van der Waals surface area (Å²) in [5, 5.41) is 3.65. The van der Waals surface area contributed by atoms with Crippen molar-refractivity contribution in [2.24, 2.45) is 0 Å². The first-order valence-electron chi connectivity index (χ1n) is 7.12. The highest BCUT2D eigenvalue weighted by Crippen LogP contribution is 2.33. The fourth-order valence-electron chi connectivity index (χ4n) is 2.70. The van der Waals surface area contributed by atoms with Crippen molar-refractivity contribution in [1.82, 2.24) is 10.2 Å². The maximum atomic E-state index is 13.7. The van der Waals surface area contributed by atoms with Gasteiger partial charge in [0.25, 0.3) is 0 Å². The molecule has 1 aliphatic heterocycles. The molecule has 1 aromatic rings. The fraction of sp³-hybridized carbons (Fsp3) is 0.600. The third kappa shape index (κ3) is 3.68. The Labute approximate surface area is 119 Å². The second-order valence-electron chi connectivity index (χ2n) is 5.09. The minimum Gasteiger partial charge on any atom is -0.314 e. The van der Waals surface area contributed by atoms with Crippen LogP contribution in [0.3, 0.4) is 0 Å². The molecular weight excluding hydrogens is 263 g/mol. The molecule has 1 aliphatic rings. The number of nitrogens with zero attached hydrogens (tertiary/aromatic N) is 1. The third-order valence-corrected chi connectivity index (χ3v) is 4.16. The third-order valence-electron chi connectivity index (χ3n) is 3.76. The molecule has 1 fully saturated rings. The summed E-state index contributed by atoms with van der Waals surface area (Å²) >= 11 is 6.17. The first-order chi connectivity index (χ1) is 9.24. The average Bonchev–Trinajstić information content (AvgIpc) is 2.45. The van der Waals surface area contributed by atoms with E-state index < -0.39 is 0 Å². The van der Waals surface area contributed by atoms with E-state index in [0.29, 0.717) is 5.02 Å². The molecule has 1 saturated heterocycles. The van der Waals surface area contributed by atoms with E-state index in [9.17, 15) is 4.39 Å². The molecule has 2 rings (SSSR count). The Bertz CT molecular complexity index is 405. The van der Waals surface area contributed by atoms with E-state index in [2.05, 4.69) is 17.1 Å². The van der Waals surface area contributed by atoms with E-state index >= 15 is 0 Å². The Morgan fingerprint density at radius 2 is 2.11 bits per heavy atom. The van der Waals surface area contributed by atoms with Gasteiger partial charge in [0.05, 0.1) is 5.02 Å². The molecule has 0 bridgehead atoms. The first kappa shape index (κ1) is 14.8. The van der Waals surface area contributed by atoms with Crippen LogP contribution in [0, 0.1) is 5.82 Å². The Morgan fingerprint density at radius 3 is 2.79 bits per heavy atom. The minimum absolute atomic E-state index is 0.241. The highest BCUT2D eigenvalue weighted by Gasteiger charge is 2.24. The molecule has 0 aliphatic carbocycles. The van der Waals surface area contributed by atoms with Crippen LogP contribution in [0.15, 0.2) is 18.2 Å². The van der Waals surface area contributed by atoms with Crippen LogP contribution in [0.5, 0.6) is 0 Å². The Morgan fingerprint density at radius 1 is 1.37 bits per heavy atom. The summed E-state index contributed by atoms with van der Waals surface area (Å²) in [6.45, 7) is 6.18. The van der Waals surface area contributed by atoms with Crippen molar-refractivity contribution >= 4 is 11.6 Å². The molecule has 1 N–H and O–H groups in total. The van der Waals surface area contributed by atoms with Crippen molar-refractivity contribution in [3.05, 3.63) is 34.6 Å². The molecule has 1 atom stereocenters. The van der Waals surface area contributed by atoms with Crippen LogP contribution >= 0.6 is 11.6 Å². The van der Waals surface area contributed by atoms with E-state index in [1.165, 1.54) is 6.07 Å². The zero-order valence-electron chi connectivity index (χ0n) is 11.5. The van der Waals surface area contributed by atoms with Crippen LogP contribution < -0.4 is 5.32 Å². The topological polar surface area (TPSA) is 15.3 Å². The standard InChI is InChI=1S/C15H22ClFN2/c1-2-3-7-14(19-10-8-18-9-11-19)12-5-4-6-13(17)15(12)16/h4-6,14,18H,2-3,7-11H2,1H3/t14-/m0/s1. The normalized spacial score (nSPS) is 18.5. The summed E-state index contributed by atoms with van der Waals surface area (Å²) in [7, 11) is 0. The van der Waals surface area contributed by atoms with Crippen molar-refractivity contribution in [3.63, 3.8) is 0 Å². The summed E-state index contributed by atoms with van der Waals surface area (Å²) < 4.78 is 13.7. The van der Waals surface area contributed by atoms with Crippen LogP contribution in [0.2, 0.25) is 5.02 Å². The SMILES string of the molecule is CCCC[C@@H](c1cccc(F)c1Cl)N1CCNCC1. The van der Waals surface area contributed by atoms with Crippen molar-refractivity contribution in [2.75, 3.05) is 26.2 Å². The largest absolute Gasteiger partial charge is 0.314 e. The lowest BCUT2D eigenvalue weighted by Gasteiger charge is -2.35.